The molecule has 2 aromatic carbocycles. The topological polar surface area (TPSA) is 15.3 Å². The van der Waals surface area contributed by atoms with Crippen molar-refractivity contribution >= 4 is 23.0 Å². The molecule has 0 spiro atoms. The van der Waals surface area contributed by atoms with Crippen LogP contribution in [0.3, 0.4) is 0 Å². The summed E-state index contributed by atoms with van der Waals surface area (Å²) in [7, 11) is 1.95. The molecule has 0 amide bonds. The third-order valence-corrected chi connectivity index (χ3v) is 3.90. The van der Waals surface area contributed by atoms with Gasteiger partial charge >= 0.3 is 0 Å². The van der Waals surface area contributed by atoms with Gasteiger partial charge in [0.2, 0.25) is 0 Å². The summed E-state index contributed by atoms with van der Waals surface area (Å²) in [6.07, 6.45) is 2.33. The number of unbranched alkanes of at least 4 members (excludes halogenated alkanes) is 1. The van der Waals surface area contributed by atoms with Crippen LogP contribution in [-0.2, 0) is 6.54 Å². The second-order valence-corrected chi connectivity index (χ2v) is 5.52. The highest BCUT2D eigenvalue weighted by Crippen LogP contribution is 2.32. The van der Waals surface area contributed by atoms with Crippen molar-refractivity contribution in [2.75, 3.05) is 18.5 Å². The molecule has 1 N–H and O–H groups in total. The maximum Gasteiger partial charge on any atom is 0.0471 e. The zero-order chi connectivity index (χ0) is 15.1. The van der Waals surface area contributed by atoms with E-state index in [1.807, 2.05) is 25.2 Å². The number of rotatable bonds is 7. The lowest BCUT2D eigenvalue weighted by Gasteiger charge is -2.28. The monoisotopic (exact) mass is 302 g/mol. The van der Waals surface area contributed by atoms with Crippen LogP contribution in [-0.4, -0.2) is 13.6 Å². The van der Waals surface area contributed by atoms with E-state index in [1.54, 1.807) is 0 Å². The van der Waals surface area contributed by atoms with Crippen molar-refractivity contribution in [3.63, 3.8) is 0 Å². The number of anilines is 2. The van der Waals surface area contributed by atoms with Gasteiger partial charge in [-0.3, -0.25) is 0 Å². The summed E-state index contributed by atoms with van der Waals surface area (Å²) in [5.74, 6) is 0. The normalized spacial score (nSPS) is 10.6. The first-order chi connectivity index (χ1) is 10.3. The smallest absolute Gasteiger partial charge is 0.0471 e. The van der Waals surface area contributed by atoms with Gasteiger partial charge in [-0.2, -0.15) is 0 Å². The molecule has 2 rings (SSSR count). The van der Waals surface area contributed by atoms with E-state index in [0.717, 1.165) is 30.1 Å². The van der Waals surface area contributed by atoms with Crippen molar-refractivity contribution in [2.24, 2.45) is 0 Å². The zero-order valence-electron chi connectivity index (χ0n) is 12.8. The maximum atomic E-state index is 6.41. The van der Waals surface area contributed by atoms with Gasteiger partial charge in [0.25, 0.3) is 0 Å². The van der Waals surface area contributed by atoms with Crippen LogP contribution < -0.4 is 10.2 Å². The predicted octanol–water partition coefficient (Wildman–Crippen LogP) is 5.00. The van der Waals surface area contributed by atoms with Crippen LogP contribution in [0.1, 0.15) is 25.3 Å². The third kappa shape index (κ3) is 3.99. The average molecular weight is 303 g/mol. The molecule has 0 aliphatic rings. The molecule has 0 atom stereocenters. The quantitative estimate of drug-likeness (QED) is 0.774. The Bertz CT molecular complexity index is 554. The molecular weight excluding hydrogens is 280 g/mol. The Morgan fingerprint density at radius 1 is 1.05 bits per heavy atom. The van der Waals surface area contributed by atoms with Crippen molar-refractivity contribution in [3.05, 3.63) is 59.1 Å². The van der Waals surface area contributed by atoms with Gasteiger partial charge in [0.15, 0.2) is 0 Å². The number of halogens is 1. The molecule has 0 radical (unpaired) electrons. The number of benzene rings is 2. The van der Waals surface area contributed by atoms with Crippen LogP contribution in [0, 0.1) is 0 Å². The highest BCUT2D eigenvalue weighted by atomic mass is 35.5. The molecule has 0 heterocycles. The first-order valence-corrected chi connectivity index (χ1v) is 7.90. The first kappa shape index (κ1) is 15.9. The van der Waals surface area contributed by atoms with E-state index >= 15 is 0 Å². The van der Waals surface area contributed by atoms with Crippen molar-refractivity contribution in [3.8, 4) is 0 Å². The molecule has 0 saturated heterocycles. The van der Waals surface area contributed by atoms with E-state index in [2.05, 4.69) is 47.5 Å². The Kier molecular flexibility index (Phi) is 6.09. The fourth-order valence-corrected chi connectivity index (χ4v) is 2.70. The van der Waals surface area contributed by atoms with Gasteiger partial charge in [-0.05, 0) is 37.7 Å². The Hall–Kier alpha value is -1.51. The van der Waals surface area contributed by atoms with Crippen molar-refractivity contribution in [1.82, 2.24) is 5.32 Å². The number of nitrogens with one attached hydrogen (secondary N) is 1. The van der Waals surface area contributed by atoms with Crippen LogP contribution in [0.25, 0.3) is 0 Å². The Morgan fingerprint density at radius 2 is 1.81 bits per heavy atom. The van der Waals surface area contributed by atoms with Gasteiger partial charge in [0.05, 0.1) is 0 Å². The molecule has 0 fully saturated rings. The second-order valence-electron chi connectivity index (χ2n) is 5.11. The van der Waals surface area contributed by atoms with Crippen molar-refractivity contribution in [1.29, 1.82) is 0 Å². The van der Waals surface area contributed by atoms with Crippen molar-refractivity contribution < 1.29 is 0 Å². The summed E-state index contributed by atoms with van der Waals surface area (Å²) < 4.78 is 0. The third-order valence-electron chi connectivity index (χ3n) is 3.54. The fraction of sp³-hybridized carbons (Fsp3) is 0.333. The molecule has 2 aromatic rings. The lowest BCUT2D eigenvalue weighted by Crippen LogP contribution is -2.21. The van der Waals surface area contributed by atoms with Gasteiger partial charge < -0.3 is 10.2 Å². The van der Waals surface area contributed by atoms with Crippen LogP contribution in [0.15, 0.2) is 48.5 Å². The number of para-hydroxylation sites is 1. The van der Waals surface area contributed by atoms with Crippen LogP contribution >= 0.6 is 11.6 Å². The minimum Gasteiger partial charge on any atom is -0.341 e. The predicted molar refractivity (Wildman–Crippen MR) is 92.6 cm³/mol. The number of hydrogen-bond donors (Lipinski definition) is 1. The molecule has 112 valence electrons. The van der Waals surface area contributed by atoms with E-state index in [4.69, 9.17) is 11.6 Å². The molecule has 0 saturated carbocycles. The molecule has 0 bridgehead atoms. The summed E-state index contributed by atoms with van der Waals surface area (Å²) in [5.41, 5.74) is 3.56. The SMILES string of the molecule is CCCCN(c1ccccc1)c1cccc(Cl)c1CNC. The van der Waals surface area contributed by atoms with Gasteiger partial charge in [-0.25, -0.2) is 0 Å². The van der Waals surface area contributed by atoms with Crippen molar-refractivity contribution in [2.45, 2.75) is 26.3 Å². The van der Waals surface area contributed by atoms with E-state index < -0.39 is 0 Å². The highest BCUT2D eigenvalue weighted by molar-refractivity contribution is 6.31. The molecule has 0 unspecified atom stereocenters. The summed E-state index contributed by atoms with van der Waals surface area (Å²) in [4.78, 5) is 2.36. The average Bonchev–Trinajstić information content (AvgIpc) is 2.52. The number of hydrogen-bond acceptors (Lipinski definition) is 2. The van der Waals surface area contributed by atoms with E-state index in [1.165, 1.54) is 17.8 Å². The lowest BCUT2D eigenvalue weighted by molar-refractivity contribution is 0.772. The molecular formula is C18H23ClN2. The summed E-state index contributed by atoms with van der Waals surface area (Å²) >= 11 is 6.41. The molecule has 0 aromatic heterocycles. The summed E-state index contributed by atoms with van der Waals surface area (Å²) in [6, 6.07) is 16.7. The highest BCUT2D eigenvalue weighted by Gasteiger charge is 2.14. The van der Waals surface area contributed by atoms with Gasteiger partial charge in [0, 0.05) is 35.1 Å². The Labute approximate surface area is 132 Å². The van der Waals surface area contributed by atoms with E-state index in [0.29, 0.717) is 0 Å². The van der Waals surface area contributed by atoms with Crippen LogP contribution in [0.4, 0.5) is 11.4 Å². The summed E-state index contributed by atoms with van der Waals surface area (Å²) in [5, 5.41) is 4.04. The maximum absolute atomic E-state index is 6.41. The van der Waals surface area contributed by atoms with Crippen LogP contribution in [0.2, 0.25) is 5.02 Å². The molecule has 0 aliphatic carbocycles. The molecule has 2 nitrogen and oxygen atoms in total. The molecule has 21 heavy (non-hydrogen) atoms. The van der Waals surface area contributed by atoms with Crippen LogP contribution in [0.5, 0.6) is 0 Å². The standard InChI is InChI=1S/C18H23ClN2/c1-3-4-13-21(15-9-6-5-7-10-15)18-12-8-11-17(19)16(18)14-20-2/h5-12,20H,3-4,13-14H2,1-2H3. The number of nitrogens with zero attached hydrogens (tertiary/aromatic N) is 1. The van der Waals surface area contributed by atoms with Gasteiger partial charge in [-0.15, -0.1) is 0 Å². The molecule has 3 heteroatoms. The lowest BCUT2D eigenvalue weighted by atomic mass is 10.1. The van der Waals surface area contributed by atoms with Gasteiger partial charge in [-0.1, -0.05) is 49.2 Å². The zero-order valence-corrected chi connectivity index (χ0v) is 13.5. The van der Waals surface area contributed by atoms with E-state index in [-0.39, 0.29) is 0 Å². The fourth-order valence-electron chi connectivity index (χ4n) is 2.46. The minimum absolute atomic E-state index is 0.768. The van der Waals surface area contributed by atoms with E-state index in [9.17, 15) is 0 Å². The second kappa shape index (κ2) is 8.06. The minimum atomic E-state index is 0.768. The Morgan fingerprint density at radius 3 is 2.48 bits per heavy atom. The first-order valence-electron chi connectivity index (χ1n) is 7.52. The Balaban J connectivity index is 2.43. The summed E-state index contributed by atoms with van der Waals surface area (Å²) in [6.45, 7) is 3.98. The largest absolute Gasteiger partial charge is 0.341 e. The molecule has 0 aliphatic heterocycles. The van der Waals surface area contributed by atoms with Gasteiger partial charge in [0.1, 0.15) is 0 Å².